The van der Waals surface area contributed by atoms with Gasteiger partial charge in [-0.3, -0.25) is 4.98 Å². The molecule has 0 aliphatic heterocycles. The molecule has 0 aliphatic rings. The molecule has 0 radical (unpaired) electrons. The van der Waals surface area contributed by atoms with E-state index in [2.05, 4.69) is 20.6 Å². The van der Waals surface area contributed by atoms with Gasteiger partial charge in [-0.15, -0.1) is 0 Å². The highest BCUT2D eigenvalue weighted by Crippen LogP contribution is 2.16. The summed E-state index contributed by atoms with van der Waals surface area (Å²) in [7, 11) is 0. The van der Waals surface area contributed by atoms with Gasteiger partial charge in [0.25, 0.3) is 0 Å². The summed E-state index contributed by atoms with van der Waals surface area (Å²) in [4.78, 5) is 8.27. The van der Waals surface area contributed by atoms with Gasteiger partial charge in [0.05, 0.1) is 17.6 Å². The van der Waals surface area contributed by atoms with Gasteiger partial charge >= 0.3 is 0 Å². The molecule has 0 saturated heterocycles. The van der Waals surface area contributed by atoms with E-state index in [9.17, 15) is 0 Å². The number of nitrogens with zero attached hydrogens (tertiary/aromatic N) is 3. The molecule has 0 saturated carbocycles. The van der Waals surface area contributed by atoms with Crippen LogP contribution in [0.3, 0.4) is 0 Å². The summed E-state index contributed by atoms with van der Waals surface area (Å²) in [6, 6.07) is 4.04. The Balaban J connectivity index is 2.08. The lowest BCUT2D eigenvalue weighted by molar-refractivity contribution is 0.492. The van der Waals surface area contributed by atoms with Crippen LogP contribution >= 0.6 is 0 Å². The van der Waals surface area contributed by atoms with Crippen LogP contribution in [0.25, 0.3) is 0 Å². The van der Waals surface area contributed by atoms with E-state index in [-0.39, 0.29) is 5.54 Å². The van der Waals surface area contributed by atoms with Crippen molar-refractivity contribution in [3.8, 4) is 0 Å². The van der Waals surface area contributed by atoms with Crippen LogP contribution in [0.5, 0.6) is 0 Å². The van der Waals surface area contributed by atoms with Crippen LogP contribution in [0, 0.1) is 0 Å². The molecule has 2 N–H and O–H groups in total. The Morgan fingerprint density at radius 3 is 2.76 bits per heavy atom. The van der Waals surface area contributed by atoms with Gasteiger partial charge in [-0.05, 0) is 31.9 Å². The van der Waals surface area contributed by atoms with E-state index >= 15 is 0 Å². The van der Waals surface area contributed by atoms with Crippen LogP contribution in [-0.4, -0.2) is 14.5 Å². The van der Waals surface area contributed by atoms with Gasteiger partial charge in [-0.1, -0.05) is 6.07 Å². The first-order chi connectivity index (χ1) is 8.07. The van der Waals surface area contributed by atoms with Crippen molar-refractivity contribution < 1.29 is 0 Å². The Kier molecular flexibility index (Phi) is 3.24. The number of hydrogen-bond donors (Lipinski definition) is 1. The van der Waals surface area contributed by atoms with Crippen LogP contribution in [-0.2, 0) is 18.5 Å². The monoisotopic (exact) mass is 230 g/mol. The highest BCUT2D eigenvalue weighted by Gasteiger charge is 2.18. The molecule has 0 aliphatic carbocycles. The Morgan fingerprint density at radius 2 is 2.12 bits per heavy atom. The Bertz CT molecular complexity index is 468. The van der Waals surface area contributed by atoms with Crippen LogP contribution in [0.15, 0.2) is 37.1 Å². The van der Waals surface area contributed by atoms with Gasteiger partial charge in [0, 0.05) is 25.1 Å². The van der Waals surface area contributed by atoms with Crippen molar-refractivity contribution in [3.05, 3.63) is 48.3 Å². The van der Waals surface area contributed by atoms with E-state index in [0.29, 0.717) is 0 Å². The number of imidazole rings is 1. The molecule has 0 aromatic carbocycles. The standard InChI is InChI=1S/C13H18N4/c1-13(2,14)12-9-16-10-17(12)7-5-11-4-3-6-15-8-11/h3-4,6,8-10H,5,7,14H2,1-2H3. The molecule has 0 atom stereocenters. The van der Waals surface area contributed by atoms with Gasteiger partial charge in [-0.2, -0.15) is 0 Å². The summed E-state index contributed by atoms with van der Waals surface area (Å²) in [6.07, 6.45) is 8.29. The first-order valence-electron chi connectivity index (χ1n) is 5.76. The van der Waals surface area contributed by atoms with Gasteiger partial charge in [0.15, 0.2) is 0 Å². The zero-order chi connectivity index (χ0) is 12.3. The maximum Gasteiger partial charge on any atom is 0.0948 e. The molecule has 17 heavy (non-hydrogen) atoms. The fraction of sp³-hybridized carbons (Fsp3) is 0.385. The third-order valence-electron chi connectivity index (χ3n) is 2.74. The predicted molar refractivity (Wildman–Crippen MR) is 67.4 cm³/mol. The van der Waals surface area contributed by atoms with Crippen molar-refractivity contribution in [1.82, 2.24) is 14.5 Å². The molecule has 2 heterocycles. The van der Waals surface area contributed by atoms with E-state index in [1.165, 1.54) is 5.56 Å². The van der Waals surface area contributed by atoms with Crippen LogP contribution in [0.4, 0.5) is 0 Å². The molecule has 4 heteroatoms. The number of hydrogen-bond acceptors (Lipinski definition) is 3. The van der Waals surface area contributed by atoms with Gasteiger partial charge in [0.2, 0.25) is 0 Å². The highest BCUT2D eigenvalue weighted by atomic mass is 15.1. The van der Waals surface area contributed by atoms with E-state index < -0.39 is 0 Å². The predicted octanol–water partition coefficient (Wildman–Crippen LogP) is 1.71. The normalized spacial score (nSPS) is 11.7. The molecule has 0 fully saturated rings. The van der Waals surface area contributed by atoms with Crippen LogP contribution < -0.4 is 5.73 Å². The summed E-state index contributed by atoms with van der Waals surface area (Å²) in [5.74, 6) is 0. The van der Waals surface area contributed by atoms with Crippen molar-refractivity contribution >= 4 is 0 Å². The topological polar surface area (TPSA) is 56.7 Å². The first-order valence-corrected chi connectivity index (χ1v) is 5.76. The number of aromatic nitrogens is 3. The van der Waals surface area contributed by atoms with Crippen molar-refractivity contribution in [3.63, 3.8) is 0 Å². The lowest BCUT2D eigenvalue weighted by atomic mass is 10.0. The van der Waals surface area contributed by atoms with E-state index in [1.54, 1.807) is 6.20 Å². The summed E-state index contributed by atoms with van der Waals surface area (Å²) in [5.41, 5.74) is 8.02. The average Bonchev–Trinajstić information content (AvgIpc) is 2.75. The highest BCUT2D eigenvalue weighted by molar-refractivity contribution is 5.12. The smallest absolute Gasteiger partial charge is 0.0948 e. The minimum atomic E-state index is -0.356. The second-order valence-corrected chi connectivity index (χ2v) is 4.81. The maximum absolute atomic E-state index is 6.10. The summed E-state index contributed by atoms with van der Waals surface area (Å²) >= 11 is 0. The molecular weight excluding hydrogens is 212 g/mol. The molecule has 2 aromatic rings. The molecule has 2 rings (SSSR count). The van der Waals surface area contributed by atoms with E-state index in [4.69, 9.17) is 5.73 Å². The largest absolute Gasteiger partial charge is 0.333 e. The minimum absolute atomic E-state index is 0.356. The SMILES string of the molecule is CC(C)(N)c1cncn1CCc1cccnc1. The lowest BCUT2D eigenvalue weighted by Gasteiger charge is -2.20. The maximum atomic E-state index is 6.10. The minimum Gasteiger partial charge on any atom is -0.333 e. The number of rotatable bonds is 4. The summed E-state index contributed by atoms with van der Waals surface area (Å²) in [6.45, 7) is 4.86. The molecular formula is C13H18N4. The average molecular weight is 230 g/mol. The molecule has 0 unspecified atom stereocenters. The van der Waals surface area contributed by atoms with Gasteiger partial charge < -0.3 is 10.3 Å². The van der Waals surface area contributed by atoms with Crippen LogP contribution in [0.2, 0.25) is 0 Å². The number of aryl methyl sites for hydroxylation is 2. The third kappa shape index (κ3) is 2.91. The summed E-state index contributed by atoms with van der Waals surface area (Å²) in [5, 5.41) is 0. The lowest BCUT2D eigenvalue weighted by Crippen LogP contribution is -2.31. The zero-order valence-corrected chi connectivity index (χ0v) is 10.3. The fourth-order valence-corrected chi connectivity index (χ4v) is 1.83. The van der Waals surface area contributed by atoms with Gasteiger partial charge in [-0.25, -0.2) is 4.98 Å². The number of pyridine rings is 1. The third-order valence-corrected chi connectivity index (χ3v) is 2.74. The van der Waals surface area contributed by atoms with Gasteiger partial charge in [0.1, 0.15) is 0 Å². The van der Waals surface area contributed by atoms with E-state index in [1.807, 2.05) is 38.6 Å². The molecule has 0 bridgehead atoms. The Labute approximate surface area is 102 Å². The van der Waals surface area contributed by atoms with Crippen molar-refractivity contribution in [2.45, 2.75) is 32.4 Å². The van der Waals surface area contributed by atoms with Crippen molar-refractivity contribution in [2.24, 2.45) is 5.73 Å². The van der Waals surface area contributed by atoms with E-state index in [0.717, 1.165) is 18.7 Å². The molecule has 90 valence electrons. The fourth-order valence-electron chi connectivity index (χ4n) is 1.83. The quantitative estimate of drug-likeness (QED) is 0.870. The molecule has 0 spiro atoms. The molecule has 4 nitrogen and oxygen atoms in total. The summed E-state index contributed by atoms with van der Waals surface area (Å²) < 4.78 is 2.10. The zero-order valence-electron chi connectivity index (χ0n) is 10.3. The van der Waals surface area contributed by atoms with Crippen LogP contribution in [0.1, 0.15) is 25.1 Å². The Hall–Kier alpha value is -1.68. The second-order valence-electron chi connectivity index (χ2n) is 4.81. The van der Waals surface area contributed by atoms with Crippen molar-refractivity contribution in [2.75, 3.05) is 0 Å². The number of nitrogens with two attached hydrogens (primary N) is 1. The second kappa shape index (κ2) is 4.67. The molecule has 0 amide bonds. The first kappa shape index (κ1) is 11.8. The van der Waals surface area contributed by atoms with Crippen molar-refractivity contribution in [1.29, 1.82) is 0 Å². The Morgan fingerprint density at radius 1 is 1.29 bits per heavy atom. The molecule has 2 aromatic heterocycles.